The first-order valence-corrected chi connectivity index (χ1v) is 4.07. The van der Waals surface area contributed by atoms with Crippen molar-refractivity contribution in [2.75, 3.05) is 6.61 Å². The Morgan fingerprint density at radius 3 is 2.86 bits per heavy atom. The summed E-state index contributed by atoms with van der Waals surface area (Å²) in [4.78, 5) is 0. The summed E-state index contributed by atoms with van der Waals surface area (Å²) < 4.78 is 18.0. The van der Waals surface area contributed by atoms with Gasteiger partial charge >= 0.3 is 0 Å². The number of nitrogens with two attached hydrogens (primary N) is 1. The summed E-state index contributed by atoms with van der Waals surface area (Å²) in [6, 6.07) is 6.06. The van der Waals surface area contributed by atoms with Crippen molar-refractivity contribution in [3.05, 3.63) is 30.1 Å². The maximum absolute atomic E-state index is 13.0. The lowest BCUT2D eigenvalue weighted by Gasteiger charge is -2.05. The van der Waals surface area contributed by atoms with Crippen LogP contribution in [-0.2, 0) is 0 Å². The van der Waals surface area contributed by atoms with Crippen LogP contribution in [0.4, 0.5) is 4.39 Å². The molecule has 4 nitrogen and oxygen atoms in total. The molecule has 0 aliphatic heterocycles. The average molecular weight is 198 g/mol. The standard InChI is InChI=1S/C9H11FN2O2/c10-7-3-1-2-4-8(7)14-6-5-9(11)12-13/h1-4,13H,5-6H2,(H2,11,12). The molecular weight excluding hydrogens is 187 g/mol. The summed E-state index contributed by atoms with van der Waals surface area (Å²) in [5, 5.41) is 11.0. The van der Waals surface area contributed by atoms with Crippen molar-refractivity contribution < 1.29 is 14.3 Å². The summed E-state index contributed by atoms with van der Waals surface area (Å²) in [6.07, 6.45) is 0.255. The van der Waals surface area contributed by atoms with Crippen molar-refractivity contribution >= 4 is 5.84 Å². The molecule has 5 heteroatoms. The predicted molar refractivity (Wildman–Crippen MR) is 49.9 cm³/mol. The van der Waals surface area contributed by atoms with Gasteiger partial charge in [-0.3, -0.25) is 0 Å². The van der Waals surface area contributed by atoms with E-state index in [2.05, 4.69) is 5.16 Å². The Kier molecular flexibility index (Phi) is 3.72. The van der Waals surface area contributed by atoms with Crippen LogP contribution in [0, 0.1) is 5.82 Å². The lowest BCUT2D eigenvalue weighted by molar-refractivity contribution is 0.298. The molecule has 0 aromatic heterocycles. The number of para-hydroxylation sites is 1. The number of ether oxygens (including phenoxy) is 1. The van der Waals surface area contributed by atoms with Crippen molar-refractivity contribution in [2.24, 2.45) is 10.9 Å². The van der Waals surface area contributed by atoms with Gasteiger partial charge in [0, 0.05) is 6.42 Å². The smallest absolute Gasteiger partial charge is 0.165 e. The van der Waals surface area contributed by atoms with E-state index in [0.29, 0.717) is 0 Å². The van der Waals surface area contributed by atoms with Crippen molar-refractivity contribution in [3.63, 3.8) is 0 Å². The number of hydrogen-bond acceptors (Lipinski definition) is 3. The molecule has 0 bridgehead atoms. The zero-order chi connectivity index (χ0) is 10.4. The summed E-state index contributed by atoms with van der Waals surface area (Å²) in [6.45, 7) is 0.177. The molecule has 0 aliphatic carbocycles. The van der Waals surface area contributed by atoms with Gasteiger partial charge in [0.1, 0.15) is 5.84 Å². The van der Waals surface area contributed by atoms with Gasteiger partial charge in [-0.1, -0.05) is 17.3 Å². The van der Waals surface area contributed by atoms with Crippen molar-refractivity contribution in [1.82, 2.24) is 0 Å². The SMILES string of the molecule is N/C(CCOc1ccccc1F)=N\O. The summed E-state index contributed by atoms with van der Waals surface area (Å²) in [5.74, 6) is -0.202. The second kappa shape index (κ2) is 5.06. The van der Waals surface area contributed by atoms with Gasteiger partial charge in [-0.05, 0) is 12.1 Å². The third-order valence-electron chi connectivity index (χ3n) is 1.58. The Morgan fingerprint density at radius 2 is 2.21 bits per heavy atom. The molecule has 1 aromatic rings. The van der Waals surface area contributed by atoms with Gasteiger partial charge in [-0.15, -0.1) is 0 Å². The predicted octanol–water partition coefficient (Wildman–Crippen LogP) is 1.34. The highest BCUT2D eigenvalue weighted by molar-refractivity contribution is 5.79. The highest BCUT2D eigenvalue weighted by atomic mass is 19.1. The minimum atomic E-state index is -0.424. The molecule has 0 unspecified atom stereocenters. The zero-order valence-electron chi connectivity index (χ0n) is 7.48. The molecule has 0 saturated carbocycles. The molecule has 0 aliphatic rings. The van der Waals surface area contributed by atoms with Crippen LogP contribution < -0.4 is 10.5 Å². The lowest BCUT2D eigenvalue weighted by Crippen LogP contribution is -2.15. The Balaban J connectivity index is 2.43. The average Bonchev–Trinajstić information content (AvgIpc) is 2.20. The summed E-state index contributed by atoms with van der Waals surface area (Å²) in [7, 11) is 0. The van der Waals surface area contributed by atoms with E-state index >= 15 is 0 Å². The van der Waals surface area contributed by atoms with Gasteiger partial charge in [-0.25, -0.2) is 4.39 Å². The fourth-order valence-electron chi connectivity index (χ4n) is 0.877. The van der Waals surface area contributed by atoms with Crippen LogP contribution in [0.5, 0.6) is 5.75 Å². The molecule has 0 radical (unpaired) electrons. The Labute approximate surface area is 80.8 Å². The van der Waals surface area contributed by atoms with Crippen LogP contribution >= 0.6 is 0 Å². The van der Waals surface area contributed by atoms with Crippen LogP contribution in [-0.4, -0.2) is 17.6 Å². The number of oxime groups is 1. The summed E-state index contributed by atoms with van der Waals surface area (Å²) in [5.41, 5.74) is 5.20. The fourth-order valence-corrected chi connectivity index (χ4v) is 0.877. The van der Waals surface area contributed by atoms with Crippen molar-refractivity contribution in [3.8, 4) is 5.75 Å². The molecule has 0 saturated heterocycles. The van der Waals surface area contributed by atoms with Gasteiger partial charge in [0.05, 0.1) is 6.61 Å². The molecule has 0 amide bonds. The molecule has 1 rings (SSSR count). The number of halogens is 1. The lowest BCUT2D eigenvalue weighted by atomic mass is 10.3. The number of amidine groups is 1. The Morgan fingerprint density at radius 1 is 1.50 bits per heavy atom. The number of hydrogen-bond donors (Lipinski definition) is 2. The van der Waals surface area contributed by atoms with Gasteiger partial charge in [0.25, 0.3) is 0 Å². The van der Waals surface area contributed by atoms with E-state index in [0.717, 1.165) is 0 Å². The molecule has 0 fully saturated rings. The minimum Gasteiger partial charge on any atom is -0.490 e. The quantitative estimate of drug-likeness (QED) is 0.332. The van der Waals surface area contributed by atoms with Crippen molar-refractivity contribution in [2.45, 2.75) is 6.42 Å². The van der Waals surface area contributed by atoms with Gasteiger partial charge in [0.2, 0.25) is 0 Å². The maximum Gasteiger partial charge on any atom is 0.165 e. The largest absolute Gasteiger partial charge is 0.490 e. The highest BCUT2D eigenvalue weighted by Gasteiger charge is 2.01. The maximum atomic E-state index is 13.0. The Hall–Kier alpha value is -1.78. The van der Waals surface area contributed by atoms with Crippen molar-refractivity contribution in [1.29, 1.82) is 0 Å². The van der Waals surface area contributed by atoms with E-state index in [1.54, 1.807) is 12.1 Å². The molecule has 0 spiro atoms. The third-order valence-corrected chi connectivity index (χ3v) is 1.58. The first-order chi connectivity index (χ1) is 6.74. The molecule has 0 atom stereocenters. The molecular formula is C9H11FN2O2. The van der Waals surface area contributed by atoms with Crippen LogP contribution in [0.3, 0.4) is 0 Å². The summed E-state index contributed by atoms with van der Waals surface area (Å²) >= 11 is 0. The zero-order valence-corrected chi connectivity index (χ0v) is 7.48. The molecule has 0 heterocycles. The molecule has 14 heavy (non-hydrogen) atoms. The monoisotopic (exact) mass is 198 g/mol. The van der Waals surface area contributed by atoms with Gasteiger partial charge in [0.15, 0.2) is 11.6 Å². The van der Waals surface area contributed by atoms with Gasteiger partial charge < -0.3 is 15.7 Å². The van der Waals surface area contributed by atoms with E-state index < -0.39 is 5.82 Å². The number of benzene rings is 1. The van der Waals surface area contributed by atoms with Crippen LogP contribution in [0.15, 0.2) is 29.4 Å². The normalized spacial score (nSPS) is 11.4. The highest BCUT2D eigenvalue weighted by Crippen LogP contribution is 2.15. The second-order valence-electron chi connectivity index (χ2n) is 2.62. The van der Waals surface area contributed by atoms with E-state index in [1.165, 1.54) is 12.1 Å². The van der Waals surface area contributed by atoms with Gasteiger partial charge in [-0.2, -0.15) is 0 Å². The Bertz CT molecular complexity index is 328. The second-order valence-corrected chi connectivity index (χ2v) is 2.62. The topological polar surface area (TPSA) is 67.8 Å². The first kappa shape index (κ1) is 10.3. The van der Waals surface area contributed by atoms with E-state index in [9.17, 15) is 4.39 Å². The van der Waals surface area contributed by atoms with E-state index in [-0.39, 0.29) is 24.6 Å². The molecule has 76 valence electrons. The first-order valence-electron chi connectivity index (χ1n) is 4.07. The minimum absolute atomic E-state index is 0.0568. The number of rotatable bonds is 4. The molecule has 3 N–H and O–H groups in total. The van der Waals surface area contributed by atoms with Crippen LogP contribution in [0.25, 0.3) is 0 Å². The third kappa shape index (κ3) is 2.93. The van der Waals surface area contributed by atoms with Crippen LogP contribution in [0.1, 0.15) is 6.42 Å². The van der Waals surface area contributed by atoms with Crippen LogP contribution in [0.2, 0.25) is 0 Å². The fraction of sp³-hybridized carbons (Fsp3) is 0.222. The van der Waals surface area contributed by atoms with E-state index in [4.69, 9.17) is 15.7 Å². The van der Waals surface area contributed by atoms with E-state index in [1.807, 2.05) is 0 Å². The molecule has 1 aromatic carbocycles. The number of nitrogens with zero attached hydrogens (tertiary/aromatic N) is 1.